The van der Waals surface area contributed by atoms with Crippen molar-refractivity contribution in [2.75, 3.05) is 19.7 Å². The van der Waals surface area contributed by atoms with Crippen molar-refractivity contribution in [3.8, 4) is 5.75 Å². The molecule has 0 saturated carbocycles. The van der Waals surface area contributed by atoms with E-state index in [0.29, 0.717) is 17.9 Å². The summed E-state index contributed by atoms with van der Waals surface area (Å²) < 4.78 is 5.33. The van der Waals surface area contributed by atoms with Crippen molar-refractivity contribution in [2.24, 2.45) is 0 Å². The number of hydrogen-bond acceptors (Lipinski definition) is 4. The van der Waals surface area contributed by atoms with Crippen molar-refractivity contribution in [2.45, 2.75) is 12.2 Å². The first-order valence-electron chi connectivity index (χ1n) is 6.11. The zero-order valence-corrected chi connectivity index (χ0v) is 10.5. The molecule has 19 heavy (non-hydrogen) atoms. The molecule has 1 amide bonds. The third-order valence-corrected chi connectivity index (χ3v) is 3.02. The SMILES string of the molecule is C=CCOc1ccc(C(=O)N2C[C@@H](O)[C@@H](O)C2)cc1. The number of hydrogen-bond donors (Lipinski definition) is 2. The Kier molecular flexibility index (Phi) is 4.19. The number of carbonyl (C=O) groups is 1. The molecule has 1 fully saturated rings. The standard InChI is InChI=1S/C14H17NO4/c1-2-7-19-11-5-3-10(4-6-11)14(18)15-8-12(16)13(17)9-15/h2-6,12-13,16-17H,1,7-9H2/t12-,13+. The fourth-order valence-electron chi connectivity index (χ4n) is 1.97. The summed E-state index contributed by atoms with van der Waals surface area (Å²) >= 11 is 0. The molecule has 0 radical (unpaired) electrons. The molecule has 1 aromatic carbocycles. The first kappa shape index (κ1) is 13.6. The smallest absolute Gasteiger partial charge is 0.254 e. The Morgan fingerprint density at radius 2 is 1.89 bits per heavy atom. The molecule has 102 valence electrons. The van der Waals surface area contributed by atoms with Crippen molar-refractivity contribution in [3.05, 3.63) is 42.5 Å². The summed E-state index contributed by atoms with van der Waals surface area (Å²) in [6, 6.07) is 6.75. The second-order valence-electron chi connectivity index (χ2n) is 4.47. The van der Waals surface area contributed by atoms with Gasteiger partial charge >= 0.3 is 0 Å². The number of amides is 1. The minimum Gasteiger partial charge on any atom is -0.490 e. The largest absolute Gasteiger partial charge is 0.490 e. The highest BCUT2D eigenvalue weighted by Crippen LogP contribution is 2.17. The minimum atomic E-state index is -0.862. The highest BCUT2D eigenvalue weighted by Gasteiger charge is 2.32. The van der Waals surface area contributed by atoms with E-state index in [4.69, 9.17) is 4.74 Å². The molecular weight excluding hydrogens is 246 g/mol. The summed E-state index contributed by atoms with van der Waals surface area (Å²) in [6.45, 7) is 4.29. The Hall–Kier alpha value is -1.85. The number of aliphatic hydroxyl groups excluding tert-OH is 2. The Labute approximate surface area is 111 Å². The van der Waals surface area contributed by atoms with Crippen LogP contribution < -0.4 is 4.74 Å². The molecule has 5 nitrogen and oxygen atoms in total. The maximum Gasteiger partial charge on any atom is 0.254 e. The van der Waals surface area contributed by atoms with Crippen LogP contribution in [0.1, 0.15) is 10.4 Å². The lowest BCUT2D eigenvalue weighted by Gasteiger charge is -2.15. The second kappa shape index (κ2) is 5.86. The average Bonchev–Trinajstić information content (AvgIpc) is 2.76. The number of nitrogens with zero attached hydrogens (tertiary/aromatic N) is 1. The van der Waals surface area contributed by atoms with Crippen LogP contribution in [0, 0.1) is 0 Å². The van der Waals surface area contributed by atoms with E-state index in [0.717, 1.165) is 0 Å². The minimum absolute atomic E-state index is 0.161. The van der Waals surface area contributed by atoms with Crippen molar-refractivity contribution in [3.63, 3.8) is 0 Å². The zero-order valence-electron chi connectivity index (χ0n) is 10.5. The van der Waals surface area contributed by atoms with Crippen LogP contribution in [0.5, 0.6) is 5.75 Å². The lowest BCUT2D eigenvalue weighted by atomic mass is 10.2. The van der Waals surface area contributed by atoms with Gasteiger partial charge in [-0.2, -0.15) is 0 Å². The van der Waals surface area contributed by atoms with Crippen LogP contribution in [0.3, 0.4) is 0 Å². The van der Waals surface area contributed by atoms with Gasteiger partial charge in [-0.1, -0.05) is 12.7 Å². The molecule has 2 atom stereocenters. The molecule has 0 unspecified atom stereocenters. The van der Waals surface area contributed by atoms with E-state index in [9.17, 15) is 15.0 Å². The summed E-state index contributed by atoms with van der Waals surface area (Å²) in [4.78, 5) is 13.5. The summed E-state index contributed by atoms with van der Waals surface area (Å²) in [5.41, 5.74) is 0.507. The molecule has 1 saturated heterocycles. The molecule has 0 spiro atoms. The van der Waals surface area contributed by atoms with E-state index in [1.54, 1.807) is 30.3 Å². The lowest BCUT2D eigenvalue weighted by molar-refractivity contribution is 0.0572. The Morgan fingerprint density at radius 1 is 1.32 bits per heavy atom. The van der Waals surface area contributed by atoms with Gasteiger partial charge in [0.25, 0.3) is 5.91 Å². The van der Waals surface area contributed by atoms with E-state index in [1.165, 1.54) is 4.90 Å². The maximum absolute atomic E-state index is 12.1. The molecule has 1 heterocycles. The number of likely N-dealkylation sites (tertiary alicyclic amines) is 1. The van der Waals surface area contributed by atoms with E-state index in [1.807, 2.05) is 0 Å². The normalized spacial score (nSPS) is 22.3. The van der Waals surface area contributed by atoms with Gasteiger partial charge in [0.1, 0.15) is 12.4 Å². The van der Waals surface area contributed by atoms with Crippen molar-refractivity contribution >= 4 is 5.91 Å². The van der Waals surface area contributed by atoms with Crippen molar-refractivity contribution < 1.29 is 19.7 Å². The van der Waals surface area contributed by atoms with E-state index >= 15 is 0 Å². The molecule has 1 aliphatic rings. The maximum atomic E-state index is 12.1. The molecule has 5 heteroatoms. The zero-order chi connectivity index (χ0) is 13.8. The predicted molar refractivity (Wildman–Crippen MR) is 70.1 cm³/mol. The van der Waals surface area contributed by atoms with Gasteiger partial charge in [0.15, 0.2) is 0 Å². The predicted octanol–water partition coefficient (Wildman–Crippen LogP) is 0.429. The number of ether oxygens (including phenoxy) is 1. The Bertz CT molecular complexity index is 447. The van der Waals surface area contributed by atoms with Crippen molar-refractivity contribution in [1.29, 1.82) is 0 Å². The van der Waals surface area contributed by atoms with E-state index in [-0.39, 0.29) is 19.0 Å². The average molecular weight is 263 g/mol. The molecule has 1 aliphatic heterocycles. The van der Waals surface area contributed by atoms with Gasteiger partial charge in [0, 0.05) is 18.7 Å². The van der Waals surface area contributed by atoms with Crippen LogP contribution in [0.15, 0.2) is 36.9 Å². The van der Waals surface area contributed by atoms with Gasteiger partial charge in [0.2, 0.25) is 0 Å². The van der Waals surface area contributed by atoms with Crippen LogP contribution in [0.2, 0.25) is 0 Å². The lowest BCUT2D eigenvalue weighted by Crippen LogP contribution is -2.29. The molecule has 2 rings (SSSR count). The van der Waals surface area contributed by atoms with Crippen LogP contribution in [0.25, 0.3) is 0 Å². The highest BCUT2D eigenvalue weighted by molar-refractivity contribution is 5.94. The fourth-order valence-corrected chi connectivity index (χ4v) is 1.97. The van der Waals surface area contributed by atoms with Gasteiger partial charge in [0.05, 0.1) is 12.2 Å². The second-order valence-corrected chi connectivity index (χ2v) is 4.47. The number of carbonyl (C=O) groups excluding carboxylic acids is 1. The van der Waals surface area contributed by atoms with Crippen molar-refractivity contribution in [1.82, 2.24) is 4.90 Å². The summed E-state index contributed by atoms with van der Waals surface area (Å²) in [5, 5.41) is 18.9. The Balaban J connectivity index is 2.01. The van der Waals surface area contributed by atoms with Gasteiger partial charge in [-0.05, 0) is 24.3 Å². The Morgan fingerprint density at radius 3 is 2.42 bits per heavy atom. The van der Waals surface area contributed by atoms with E-state index < -0.39 is 12.2 Å². The molecule has 1 aromatic rings. The highest BCUT2D eigenvalue weighted by atomic mass is 16.5. The number of β-amino-alcohol motifs (C(OH)–C–C–N with tert-alkyl or cyclic N) is 2. The topological polar surface area (TPSA) is 70.0 Å². The van der Waals surface area contributed by atoms with Crippen LogP contribution in [-0.4, -0.2) is 52.9 Å². The molecule has 0 bridgehead atoms. The fraction of sp³-hybridized carbons (Fsp3) is 0.357. The van der Waals surface area contributed by atoms with Crippen LogP contribution in [0.4, 0.5) is 0 Å². The van der Waals surface area contributed by atoms with Gasteiger partial charge < -0.3 is 19.8 Å². The summed E-state index contributed by atoms with van der Waals surface area (Å²) in [6.07, 6.45) is -0.0789. The molecule has 2 N–H and O–H groups in total. The molecular formula is C14H17NO4. The first-order chi connectivity index (χ1) is 9.11. The summed E-state index contributed by atoms with van der Waals surface area (Å²) in [5.74, 6) is 0.462. The summed E-state index contributed by atoms with van der Waals surface area (Å²) in [7, 11) is 0. The van der Waals surface area contributed by atoms with Gasteiger partial charge in [-0.25, -0.2) is 0 Å². The number of rotatable bonds is 4. The van der Waals surface area contributed by atoms with Gasteiger partial charge in [-0.3, -0.25) is 4.79 Å². The quantitative estimate of drug-likeness (QED) is 0.773. The first-order valence-corrected chi connectivity index (χ1v) is 6.11. The molecule has 0 aliphatic carbocycles. The van der Waals surface area contributed by atoms with E-state index in [2.05, 4.69) is 6.58 Å². The molecule has 0 aromatic heterocycles. The van der Waals surface area contributed by atoms with Crippen LogP contribution >= 0.6 is 0 Å². The monoisotopic (exact) mass is 263 g/mol. The third kappa shape index (κ3) is 3.13. The van der Waals surface area contributed by atoms with Gasteiger partial charge in [-0.15, -0.1) is 0 Å². The number of benzene rings is 1. The number of aliphatic hydroxyl groups is 2. The van der Waals surface area contributed by atoms with Crippen LogP contribution in [-0.2, 0) is 0 Å². The third-order valence-electron chi connectivity index (χ3n) is 3.02.